The van der Waals surface area contributed by atoms with Crippen molar-refractivity contribution in [3.63, 3.8) is 0 Å². The summed E-state index contributed by atoms with van der Waals surface area (Å²) in [5.41, 5.74) is 5.57. The van der Waals surface area contributed by atoms with Gasteiger partial charge in [0.1, 0.15) is 0 Å². The van der Waals surface area contributed by atoms with E-state index in [4.69, 9.17) is 10.5 Å². The van der Waals surface area contributed by atoms with Crippen LogP contribution in [0.2, 0.25) is 0 Å². The van der Waals surface area contributed by atoms with E-state index in [0.29, 0.717) is 18.9 Å². The standard InChI is InChI=1S/C12H22N4O2/c1-4-12(5-2,6-13)7-14-10-9(18-3)11(17)16-8-15-10/h8H,4-7,13H2,1-3H3,(H2,14,15,16,17). The van der Waals surface area contributed by atoms with Gasteiger partial charge in [0.15, 0.2) is 5.82 Å². The monoisotopic (exact) mass is 254 g/mol. The fraction of sp³-hybridized carbons (Fsp3) is 0.667. The lowest BCUT2D eigenvalue weighted by Crippen LogP contribution is -2.36. The first-order valence-electron chi connectivity index (χ1n) is 6.18. The molecule has 102 valence electrons. The van der Waals surface area contributed by atoms with E-state index in [1.807, 2.05) is 0 Å². The van der Waals surface area contributed by atoms with Crippen LogP contribution in [0.1, 0.15) is 26.7 Å². The molecule has 0 saturated carbocycles. The number of hydrogen-bond acceptors (Lipinski definition) is 5. The fourth-order valence-electron chi connectivity index (χ4n) is 1.83. The molecule has 6 heteroatoms. The predicted molar refractivity (Wildman–Crippen MR) is 72.0 cm³/mol. The van der Waals surface area contributed by atoms with Gasteiger partial charge >= 0.3 is 0 Å². The van der Waals surface area contributed by atoms with Gasteiger partial charge < -0.3 is 20.8 Å². The van der Waals surface area contributed by atoms with Crippen molar-refractivity contribution in [1.29, 1.82) is 0 Å². The van der Waals surface area contributed by atoms with Crippen LogP contribution in [0, 0.1) is 5.41 Å². The van der Waals surface area contributed by atoms with Gasteiger partial charge in [0.25, 0.3) is 5.56 Å². The average Bonchev–Trinajstić information content (AvgIpc) is 2.41. The van der Waals surface area contributed by atoms with E-state index in [9.17, 15) is 4.79 Å². The smallest absolute Gasteiger partial charge is 0.295 e. The van der Waals surface area contributed by atoms with Crippen molar-refractivity contribution in [2.75, 3.05) is 25.5 Å². The first kappa shape index (κ1) is 14.5. The minimum atomic E-state index is -0.290. The number of aromatic amines is 1. The Labute approximate surface area is 107 Å². The van der Waals surface area contributed by atoms with Crippen molar-refractivity contribution < 1.29 is 4.74 Å². The van der Waals surface area contributed by atoms with Gasteiger partial charge in [-0.2, -0.15) is 0 Å². The molecule has 0 fully saturated rings. The third-order valence-electron chi connectivity index (χ3n) is 3.58. The van der Waals surface area contributed by atoms with Crippen LogP contribution >= 0.6 is 0 Å². The number of anilines is 1. The normalized spacial score (nSPS) is 11.3. The Balaban J connectivity index is 2.86. The van der Waals surface area contributed by atoms with Crippen molar-refractivity contribution in [2.24, 2.45) is 11.1 Å². The number of nitrogens with one attached hydrogen (secondary N) is 2. The largest absolute Gasteiger partial charge is 0.489 e. The van der Waals surface area contributed by atoms with Gasteiger partial charge in [0.2, 0.25) is 5.75 Å². The SMILES string of the molecule is CCC(CC)(CN)CNc1nc[nH]c(=O)c1OC. The first-order valence-corrected chi connectivity index (χ1v) is 6.18. The molecule has 1 aromatic rings. The molecule has 0 aromatic carbocycles. The Hall–Kier alpha value is -1.56. The van der Waals surface area contributed by atoms with Crippen LogP contribution in [0.3, 0.4) is 0 Å². The molecule has 0 unspecified atom stereocenters. The summed E-state index contributed by atoms with van der Waals surface area (Å²) in [6.07, 6.45) is 3.30. The number of methoxy groups -OCH3 is 1. The molecule has 0 bridgehead atoms. The molecule has 4 N–H and O–H groups in total. The highest BCUT2D eigenvalue weighted by atomic mass is 16.5. The fourth-order valence-corrected chi connectivity index (χ4v) is 1.83. The zero-order valence-corrected chi connectivity index (χ0v) is 11.2. The highest BCUT2D eigenvalue weighted by Gasteiger charge is 2.24. The molecule has 0 aliphatic heterocycles. The van der Waals surface area contributed by atoms with E-state index < -0.39 is 0 Å². The summed E-state index contributed by atoms with van der Waals surface area (Å²) in [5, 5.41) is 3.16. The Morgan fingerprint density at radius 3 is 2.67 bits per heavy atom. The van der Waals surface area contributed by atoms with E-state index >= 15 is 0 Å². The topological polar surface area (TPSA) is 93.0 Å². The van der Waals surface area contributed by atoms with Gasteiger partial charge in [-0.05, 0) is 24.8 Å². The van der Waals surface area contributed by atoms with Gasteiger partial charge in [0.05, 0.1) is 13.4 Å². The van der Waals surface area contributed by atoms with E-state index in [2.05, 4.69) is 29.1 Å². The van der Waals surface area contributed by atoms with Crippen LogP contribution < -0.4 is 21.3 Å². The molecule has 1 rings (SSSR count). The molecule has 0 amide bonds. The highest BCUT2D eigenvalue weighted by molar-refractivity contribution is 5.47. The second kappa shape index (κ2) is 6.39. The summed E-state index contributed by atoms with van der Waals surface area (Å²) in [6, 6.07) is 0. The van der Waals surface area contributed by atoms with Crippen molar-refractivity contribution in [1.82, 2.24) is 9.97 Å². The lowest BCUT2D eigenvalue weighted by Gasteiger charge is -2.30. The second-order valence-electron chi connectivity index (χ2n) is 4.38. The molecule has 0 aliphatic rings. The van der Waals surface area contributed by atoms with Crippen LogP contribution in [0.5, 0.6) is 5.75 Å². The maximum absolute atomic E-state index is 11.5. The van der Waals surface area contributed by atoms with E-state index in [1.165, 1.54) is 13.4 Å². The molecule has 0 radical (unpaired) electrons. The predicted octanol–water partition coefficient (Wildman–Crippen LogP) is 0.955. The number of H-pyrrole nitrogens is 1. The van der Waals surface area contributed by atoms with Crippen LogP contribution in [-0.2, 0) is 0 Å². The van der Waals surface area contributed by atoms with Crippen LogP contribution in [0.25, 0.3) is 0 Å². The molecule has 0 aliphatic carbocycles. The molecular formula is C12H22N4O2. The van der Waals surface area contributed by atoms with Crippen molar-refractivity contribution in [3.05, 3.63) is 16.7 Å². The van der Waals surface area contributed by atoms with Crippen molar-refractivity contribution in [2.45, 2.75) is 26.7 Å². The van der Waals surface area contributed by atoms with E-state index in [0.717, 1.165) is 12.8 Å². The summed E-state index contributed by atoms with van der Waals surface area (Å²) in [5.74, 6) is 0.664. The minimum absolute atomic E-state index is 0.0231. The van der Waals surface area contributed by atoms with E-state index in [-0.39, 0.29) is 16.7 Å². The molecule has 1 aromatic heterocycles. The van der Waals surface area contributed by atoms with Crippen molar-refractivity contribution in [3.8, 4) is 5.75 Å². The summed E-state index contributed by atoms with van der Waals surface area (Å²) < 4.78 is 5.04. The minimum Gasteiger partial charge on any atom is -0.489 e. The Kier molecular flexibility index (Phi) is 5.15. The summed E-state index contributed by atoms with van der Waals surface area (Å²) >= 11 is 0. The molecule has 18 heavy (non-hydrogen) atoms. The Morgan fingerprint density at radius 1 is 1.50 bits per heavy atom. The lowest BCUT2D eigenvalue weighted by molar-refractivity contribution is 0.293. The highest BCUT2D eigenvalue weighted by Crippen LogP contribution is 2.26. The van der Waals surface area contributed by atoms with Gasteiger partial charge in [-0.3, -0.25) is 4.79 Å². The third-order valence-corrected chi connectivity index (χ3v) is 3.58. The number of hydrogen-bond donors (Lipinski definition) is 3. The molecular weight excluding hydrogens is 232 g/mol. The quantitative estimate of drug-likeness (QED) is 0.674. The number of rotatable bonds is 7. The summed E-state index contributed by atoms with van der Waals surface area (Å²) in [6.45, 7) is 5.49. The third kappa shape index (κ3) is 3.01. The average molecular weight is 254 g/mol. The number of aromatic nitrogens is 2. The molecule has 0 saturated heterocycles. The lowest BCUT2D eigenvalue weighted by atomic mass is 9.82. The Morgan fingerprint density at radius 2 is 2.17 bits per heavy atom. The van der Waals surface area contributed by atoms with Crippen LogP contribution in [0.4, 0.5) is 5.82 Å². The van der Waals surface area contributed by atoms with Crippen molar-refractivity contribution >= 4 is 5.82 Å². The maximum Gasteiger partial charge on any atom is 0.295 e. The number of nitrogens with zero attached hydrogens (tertiary/aromatic N) is 1. The summed E-state index contributed by atoms with van der Waals surface area (Å²) in [7, 11) is 1.45. The van der Waals surface area contributed by atoms with Crippen LogP contribution in [-0.4, -0.2) is 30.2 Å². The Bertz CT molecular complexity index is 418. The molecule has 6 nitrogen and oxygen atoms in total. The van der Waals surface area contributed by atoms with Crippen LogP contribution in [0.15, 0.2) is 11.1 Å². The first-order chi connectivity index (χ1) is 8.62. The second-order valence-corrected chi connectivity index (χ2v) is 4.38. The van der Waals surface area contributed by atoms with Gasteiger partial charge in [-0.25, -0.2) is 4.98 Å². The maximum atomic E-state index is 11.5. The van der Waals surface area contributed by atoms with Gasteiger partial charge in [-0.1, -0.05) is 13.8 Å². The summed E-state index contributed by atoms with van der Waals surface area (Å²) in [4.78, 5) is 18.1. The zero-order chi connectivity index (χ0) is 13.6. The molecule has 0 spiro atoms. The van der Waals surface area contributed by atoms with Gasteiger partial charge in [-0.15, -0.1) is 0 Å². The van der Waals surface area contributed by atoms with Gasteiger partial charge in [0, 0.05) is 6.54 Å². The molecule has 0 atom stereocenters. The number of ether oxygens (including phenoxy) is 1. The number of nitrogens with two attached hydrogens (primary N) is 1. The zero-order valence-electron chi connectivity index (χ0n) is 11.2. The molecule has 1 heterocycles. The van der Waals surface area contributed by atoms with E-state index in [1.54, 1.807) is 0 Å².